The molecule has 8 nitrogen and oxygen atoms in total. The smallest absolute Gasteiger partial charge is 0.241 e. The van der Waals surface area contributed by atoms with Crippen LogP contribution in [0.2, 0.25) is 0 Å². The molecule has 178 valence electrons. The standard InChI is InChI=1S/C24H26FN5O3S/c1-16-26-21-12-18(6-7-22(21)34-16)32-15-17(31)13-29-8-10-30(11-9-29)14-23-27-24(28-33-23)19-4-2-3-5-20(19)25/h2-7,12,17,31H,8-11,13-15H2,1H3/t17-/m1/s1. The average molecular weight is 484 g/mol. The highest BCUT2D eigenvalue weighted by Gasteiger charge is 2.22. The summed E-state index contributed by atoms with van der Waals surface area (Å²) in [4.78, 5) is 13.3. The first-order valence-electron chi connectivity index (χ1n) is 11.2. The number of aromatic nitrogens is 3. The van der Waals surface area contributed by atoms with Crippen LogP contribution in [0.5, 0.6) is 5.75 Å². The van der Waals surface area contributed by atoms with Crippen LogP contribution in [-0.4, -0.2) is 75.5 Å². The monoisotopic (exact) mass is 483 g/mol. The van der Waals surface area contributed by atoms with Crippen molar-refractivity contribution in [2.24, 2.45) is 0 Å². The second kappa shape index (κ2) is 10.1. The molecule has 0 radical (unpaired) electrons. The molecule has 0 saturated carbocycles. The van der Waals surface area contributed by atoms with E-state index in [1.165, 1.54) is 6.07 Å². The predicted molar refractivity (Wildman–Crippen MR) is 127 cm³/mol. The van der Waals surface area contributed by atoms with Gasteiger partial charge in [-0.15, -0.1) is 11.3 Å². The second-order valence-electron chi connectivity index (χ2n) is 8.40. The molecule has 1 aliphatic heterocycles. The number of hydrogen-bond donors (Lipinski definition) is 1. The van der Waals surface area contributed by atoms with Crippen molar-refractivity contribution >= 4 is 21.6 Å². The van der Waals surface area contributed by atoms with Crippen LogP contribution < -0.4 is 4.74 Å². The summed E-state index contributed by atoms with van der Waals surface area (Å²) >= 11 is 1.65. The van der Waals surface area contributed by atoms with Crippen molar-refractivity contribution in [3.05, 3.63) is 59.2 Å². The van der Waals surface area contributed by atoms with E-state index in [0.717, 1.165) is 47.2 Å². The highest BCUT2D eigenvalue weighted by molar-refractivity contribution is 7.18. The fourth-order valence-electron chi connectivity index (χ4n) is 4.05. The van der Waals surface area contributed by atoms with Gasteiger partial charge in [0.15, 0.2) is 0 Å². The number of piperazine rings is 1. The van der Waals surface area contributed by atoms with Crippen LogP contribution in [0.1, 0.15) is 10.9 Å². The Balaban J connectivity index is 1.06. The third kappa shape index (κ3) is 5.41. The summed E-state index contributed by atoms with van der Waals surface area (Å²) in [5.74, 6) is 1.08. The Morgan fingerprint density at radius 3 is 2.74 bits per heavy atom. The van der Waals surface area contributed by atoms with E-state index in [0.29, 0.717) is 24.5 Å². The number of rotatable bonds is 8. The number of ether oxygens (including phenoxy) is 1. The highest BCUT2D eigenvalue weighted by atomic mass is 32.1. The number of β-amino-alcohol motifs (C(OH)–C–C–N with tert-alkyl or cyclic N) is 1. The molecule has 4 aromatic rings. The molecule has 5 rings (SSSR count). The van der Waals surface area contributed by atoms with Crippen molar-refractivity contribution in [2.45, 2.75) is 19.6 Å². The fraction of sp³-hybridized carbons (Fsp3) is 0.375. The Bertz CT molecular complexity index is 1250. The van der Waals surface area contributed by atoms with Gasteiger partial charge in [0.25, 0.3) is 0 Å². The number of nitrogens with zero attached hydrogens (tertiary/aromatic N) is 5. The Labute approximate surface area is 200 Å². The average Bonchev–Trinajstić information content (AvgIpc) is 3.44. The van der Waals surface area contributed by atoms with Gasteiger partial charge >= 0.3 is 0 Å². The Kier molecular flexibility index (Phi) is 6.82. The molecule has 0 bridgehead atoms. The molecule has 10 heteroatoms. The first kappa shape index (κ1) is 22.9. The van der Waals surface area contributed by atoms with Crippen LogP contribution in [0.25, 0.3) is 21.6 Å². The third-order valence-electron chi connectivity index (χ3n) is 5.78. The van der Waals surface area contributed by atoms with Gasteiger partial charge in [0.1, 0.15) is 24.3 Å². The summed E-state index contributed by atoms with van der Waals surface area (Å²) in [6, 6.07) is 12.2. The molecule has 0 unspecified atom stereocenters. The number of hydrogen-bond acceptors (Lipinski definition) is 9. The summed E-state index contributed by atoms with van der Waals surface area (Å²) in [6.45, 7) is 6.53. The van der Waals surface area contributed by atoms with E-state index in [4.69, 9.17) is 9.26 Å². The summed E-state index contributed by atoms with van der Waals surface area (Å²) in [6.07, 6.45) is -0.585. The Morgan fingerprint density at radius 2 is 1.91 bits per heavy atom. The minimum atomic E-state index is -0.585. The van der Waals surface area contributed by atoms with Crippen LogP contribution in [0.15, 0.2) is 47.0 Å². The number of aliphatic hydroxyl groups excluding tert-OH is 1. The van der Waals surface area contributed by atoms with Gasteiger partial charge in [-0.3, -0.25) is 9.80 Å². The Hall–Kier alpha value is -2.92. The number of halogens is 1. The van der Waals surface area contributed by atoms with E-state index in [1.54, 1.807) is 29.5 Å². The van der Waals surface area contributed by atoms with Crippen LogP contribution >= 0.6 is 11.3 Å². The highest BCUT2D eigenvalue weighted by Crippen LogP contribution is 2.25. The van der Waals surface area contributed by atoms with Crippen LogP contribution in [0, 0.1) is 12.7 Å². The van der Waals surface area contributed by atoms with Gasteiger partial charge in [0.2, 0.25) is 11.7 Å². The summed E-state index contributed by atoms with van der Waals surface area (Å²) in [7, 11) is 0. The zero-order valence-electron chi connectivity index (χ0n) is 18.9. The second-order valence-corrected chi connectivity index (χ2v) is 9.63. The number of aryl methyl sites for hydroxylation is 1. The number of benzene rings is 2. The molecule has 2 aromatic carbocycles. The fourth-order valence-corrected chi connectivity index (χ4v) is 4.86. The maximum absolute atomic E-state index is 13.9. The minimum absolute atomic E-state index is 0.232. The molecule has 0 amide bonds. The molecule has 0 aliphatic carbocycles. The Morgan fingerprint density at radius 1 is 1.12 bits per heavy atom. The molecule has 2 aromatic heterocycles. The lowest BCUT2D eigenvalue weighted by atomic mass is 10.2. The lowest BCUT2D eigenvalue weighted by molar-refractivity contribution is 0.0426. The maximum Gasteiger partial charge on any atom is 0.241 e. The molecular weight excluding hydrogens is 457 g/mol. The van der Waals surface area contributed by atoms with Gasteiger partial charge in [0, 0.05) is 38.8 Å². The summed E-state index contributed by atoms with van der Waals surface area (Å²) in [5.41, 5.74) is 1.26. The van der Waals surface area contributed by atoms with Crippen molar-refractivity contribution in [3.63, 3.8) is 0 Å². The SMILES string of the molecule is Cc1nc2cc(OC[C@H](O)CN3CCN(Cc4nc(-c5ccccc5F)no4)CC3)ccc2s1. The predicted octanol–water partition coefficient (Wildman–Crippen LogP) is 3.35. The van der Waals surface area contributed by atoms with E-state index in [9.17, 15) is 9.50 Å². The number of fused-ring (bicyclic) bond motifs is 1. The number of thiazole rings is 1. The molecule has 34 heavy (non-hydrogen) atoms. The zero-order valence-corrected chi connectivity index (χ0v) is 19.7. The quantitative estimate of drug-likeness (QED) is 0.408. The van der Waals surface area contributed by atoms with Crippen molar-refractivity contribution in [1.29, 1.82) is 0 Å². The summed E-state index contributed by atoms with van der Waals surface area (Å²) in [5, 5.41) is 15.4. The molecule has 1 saturated heterocycles. The van der Waals surface area contributed by atoms with Gasteiger partial charge in [-0.2, -0.15) is 4.98 Å². The van der Waals surface area contributed by atoms with Crippen LogP contribution in [0.4, 0.5) is 4.39 Å². The topological polar surface area (TPSA) is 87.8 Å². The number of aliphatic hydroxyl groups is 1. The van der Waals surface area contributed by atoms with E-state index in [1.807, 2.05) is 25.1 Å². The first-order valence-corrected chi connectivity index (χ1v) is 12.1. The summed E-state index contributed by atoms with van der Waals surface area (Å²) < 4.78 is 26.2. The largest absolute Gasteiger partial charge is 0.491 e. The molecule has 0 spiro atoms. The molecule has 3 heterocycles. The molecule has 1 N–H and O–H groups in total. The van der Waals surface area contributed by atoms with Crippen LogP contribution in [-0.2, 0) is 6.54 Å². The van der Waals surface area contributed by atoms with E-state index >= 15 is 0 Å². The minimum Gasteiger partial charge on any atom is -0.491 e. The third-order valence-corrected chi connectivity index (χ3v) is 6.74. The van der Waals surface area contributed by atoms with Gasteiger partial charge in [-0.25, -0.2) is 9.37 Å². The van der Waals surface area contributed by atoms with Crippen molar-refractivity contribution < 1.29 is 18.8 Å². The lowest BCUT2D eigenvalue weighted by Gasteiger charge is -2.34. The van der Waals surface area contributed by atoms with Gasteiger partial charge in [0.05, 0.1) is 27.3 Å². The van der Waals surface area contributed by atoms with Gasteiger partial charge in [-0.1, -0.05) is 17.3 Å². The van der Waals surface area contributed by atoms with Crippen molar-refractivity contribution in [2.75, 3.05) is 39.3 Å². The molecule has 1 fully saturated rings. The van der Waals surface area contributed by atoms with E-state index < -0.39 is 6.10 Å². The molecule has 1 aliphatic rings. The lowest BCUT2D eigenvalue weighted by Crippen LogP contribution is -2.48. The van der Waals surface area contributed by atoms with Crippen molar-refractivity contribution in [3.8, 4) is 17.1 Å². The maximum atomic E-state index is 13.9. The van der Waals surface area contributed by atoms with E-state index in [-0.39, 0.29) is 18.2 Å². The van der Waals surface area contributed by atoms with Crippen LogP contribution in [0.3, 0.4) is 0 Å². The van der Waals surface area contributed by atoms with Gasteiger partial charge in [-0.05, 0) is 31.2 Å². The normalized spacial score (nSPS) is 16.2. The van der Waals surface area contributed by atoms with Crippen molar-refractivity contribution in [1.82, 2.24) is 24.9 Å². The first-order chi connectivity index (χ1) is 16.5. The molecular formula is C24H26FN5O3S. The zero-order chi connectivity index (χ0) is 23.5. The van der Waals surface area contributed by atoms with Gasteiger partial charge < -0.3 is 14.4 Å². The molecule has 1 atom stereocenters. The van der Waals surface area contributed by atoms with E-state index in [2.05, 4.69) is 24.9 Å².